The Morgan fingerprint density at radius 2 is 2.31 bits per heavy atom. The van der Waals surface area contributed by atoms with Crippen molar-refractivity contribution in [3.8, 4) is 0 Å². The summed E-state index contributed by atoms with van der Waals surface area (Å²) in [4.78, 5) is 0. The zero-order chi connectivity index (χ0) is 9.42. The molecule has 0 unspecified atom stereocenters. The number of alkyl halides is 1. The largest absolute Gasteiger partial charge is 0.397 e. The van der Waals surface area contributed by atoms with Crippen molar-refractivity contribution in [2.75, 3.05) is 5.73 Å². The van der Waals surface area contributed by atoms with Gasteiger partial charge in [-0.1, -0.05) is 15.9 Å². The van der Waals surface area contributed by atoms with Crippen LogP contribution in [0.4, 0.5) is 5.69 Å². The monoisotopic (exact) mass is 275 g/mol. The number of nitrogens with two attached hydrogens (primary N) is 1. The highest BCUT2D eigenvalue weighted by Gasteiger charge is 2.08. The molecule has 1 nitrogen and oxygen atoms in total. The lowest BCUT2D eigenvalue weighted by molar-refractivity contribution is 1.42. The molecule has 1 aromatic heterocycles. The van der Waals surface area contributed by atoms with Crippen LogP contribution in [0.25, 0.3) is 10.1 Å². The van der Waals surface area contributed by atoms with Crippen LogP contribution in [0, 0.1) is 0 Å². The van der Waals surface area contributed by atoms with Crippen molar-refractivity contribution in [3.63, 3.8) is 0 Å². The van der Waals surface area contributed by atoms with Gasteiger partial charge in [-0.05, 0) is 23.1 Å². The molecule has 4 heteroatoms. The standard InChI is InChI=1S/C9H7BrClNS/c10-7-3-5(4-11)8(12)9-6(7)1-2-13-9/h1-3H,4,12H2. The van der Waals surface area contributed by atoms with E-state index in [1.54, 1.807) is 11.3 Å². The van der Waals surface area contributed by atoms with Crippen molar-refractivity contribution in [2.45, 2.75) is 5.88 Å². The van der Waals surface area contributed by atoms with Crippen molar-refractivity contribution in [1.29, 1.82) is 0 Å². The van der Waals surface area contributed by atoms with E-state index in [4.69, 9.17) is 17.3 Å². The molecule has 2 N–H and O–H groups in total. The average Bonchev–Trinajstić information content (AvgIpc) is 2.60. The molecular weight excluding hydrogens is 270 g/mol. The maximum absolute atomic E-state index is 5.95. The molecule has 0 atom stereocenters. The SMILES string of the molecule is Nc1c(CCl)cc(Br)c2ccsc12. The molecule has 0 amide bonds. The maximum atomic E-state index is 5.95. The van der Waals surface area contributed by atoms with Crippen molar-refractivity contribution < 1.29 is 0 Å². The lowest BCUT2D eigenvalue weighted by Gasteiger charge is -2.04. The average molecular weight is 277 g/mol. The molecule has 0 spiro atoms. The summed E-state index contributed by atoms with van der Waals surface area (Å²) >= 11 is 10.9. The fourth-order valence-corrected chi connectivity index (χ4v) is 3.13. The zero-order valence-corrected chi connectivity index (χ0v) is 9.84. The third kappa shape index (κ3) is 1.45. The molecule has 0 aliphatic carbocycles. The van der Waals surface area contributed by atoms with Crippen molar-refractivity contribution in [2.24, 2.45) is 0 Å². The summed E-state index contributed by atoms with van der Waals surface area (Å²) < 4.78 is 2.18. The molecular formula is C9H7BrClNS. The van der Waals surface area contributed by atoms with Gasteiger partial charge in [-0.25, -0.2) is 0 Å². The molecule has 1 heterocycles. The third-order valence-corrected chi connectivity index (χ3v) is 3.85. The number of hydrogen-bond donors (Lipinski definition) is 1. The van der Waals surface area contributed by atoms with Crippen molar-refractivity contribution in [1.82, 2.24) is 0 Å². The second-order valence-corrected chi connectivity index (χ2v) is 4.77. The van der Waals surface area contributed by atoms with Crippen LogP contribution in [-0.2, 0) is 5.88 Å². The van der Waals surface area contributed by atoms with Gasteiger partial charge < -0.3 is 5.73 Å². The third-order valence-electron chi connectivity index (χ3n) is 1.96. The molecule has 0 radical (unpaired) electrons. The van der Waals surface area contributed by atoms with Gasteiger partial charge in [-0.3, -0.25) is 0 Å². The van der Waals surface area contributed by atoms with E-state index in [0.717, 1.165) is 25.8 Å². The molecule has 0 aliphatic heterocycles. The van der Waals surface area contributed by atoms with Gasteiger partial charge in [0.2, 0.25) is 0 Å². The van der Waals surface area contributed by atoms with E-state index < -0.39 is 0 Å². The minimum absolute atomic E-state index is 0.457. The van der Waals surface area contributed by atoms with Crippen LogP contribution in [0.15, 0.2) is 22.0 Å². The van der Waals surface area contributed by atoms with Gasteiger partial charge in [-0.2, -0.15) is 0 Å². The van der Waals surface area contributed by atoms with Gasteiger partial charge in [0, 0.05) is 15.7 Å². The van der Waals surface area contributed by atoms with Gasteiger partial charge in [0.05, 0.1) is 10.4 Å². The molecule has 13 heavy (non-hydrogen) atoms. The summed E-state index contributed by atoms with van der Waals surface area (Å²) in [6, 6.07) is 4.04. The van der Waals surface area contributed by atoms with Crippen LogP contribution in [0.5, 0.6) is 0 Å². The fourth-order valence-electron chi connectivity index (χ4n) is 1.27. The second-order valence-electron chi connectivity index (χ2n) is 2.73. The van der Waals surface area contributed by atoms with Gasteiger partial charge in [0.25, 0.3) is 0 Å². The van der Waals surface area contributed by atoms with Gasteiger partial charge in [0.15, 0.2) is 0 Å². The zero-order valence-electron chi connectivity index (χ0n) is 6.68. The van der Waals surface area contributed by atoms with Crippen LogP contribution in [0.3, 0.4) is 0 Å². The Morgan fingerprint density at radius 3 is 3.00 bits per heavy atom. The highest BCUT2D eigenvalue weighted by atomic mass is 79.9. The Kier molecular flexibility index (Phi) is 2.49. The Morgan fingerprint density at radius 1 is 1.54 bits per heavy atom. The van der Waals surface area contributed by atoms with E-state index in [9.17, 15) is 0 Å². The summed E-state index contributed by atoms with van der Waals surface area (Å²) in [7, 11) is 0. The first-order chi connectivity index (χ1) is 6.24. The molecule has 0 fully saturated rings. The summed E-state index contributed by atoms with van der Waals surface area (Å²) in [5.41, 5.74) is 7.75. The first-order valence-electron chi connectivity index (χ1n) is 3.74. The summed E-state index contributed by atoms with van der Waals surface area (Å²) in [6.07, 6.45) is 0. The molecule has 1 aromatic carbocycles. The van der Waals surface area contributed by atoms with Crippen LogP contribution in [0.1, 0.15) is 5.56 Å². The molecule has 0 saturated carbocycles. The number of hydrogen-bond acceptors (Lipinski definition) is 2. The van der Waals surface area contributed by atoms with Crippen LogP contribution in [-0.4, -0.2) is 0 Å². The minimum atomic E-state index is 0.457. The van der Waals surface area contributed by atoms with Gasteiger partial charge >= 0.3 is 0 Å². The van der Waals surface area contributed by atoms with E-state index in [2.05, 4.69) is 22.0 Å². The quantitative estimate of drug-likeness (QED) is 0.619. The predicted molar refractivity (Wildman–Crippen MR) is 63.5 cm³/mol. The number of fused-ring (bicyclic) bond motifs is 1. The van der Waals surface area contributed by atoms with Crippen LogP contribution >= 0.6 is 38.9 Å². The minimum Gasteiger partial charge on any atom is -0.397 e. The van der Waals surface area contributed by atoms with Crippen LogP contribution in [0.2, 0.25) is 0 Å². The van der Waals surface area contributed by atoms with E-state index in [0.29, 0.717) is 5.88 Å². The highest BCUT2D eigenvalue weighted by molar-refractivity contribution is 9.10. The Balaban J connectivity index is 2.85. The molecule has 2 rings (SSSR count). The van der Waals surface area contributed by atoms with E-state index >= 15 is 0 Å². The molecule has 0 saturated heterocycles. The van der Waals surface area contributed by atoms with E-state index in [-0.39, 0.29) is 0 Å². The highest BCUT2D eigenvalue weighted by Crippen LogP contribution is 2.35. The summed E-state index contributed by atoms with van der Waals surface area (Å²) in [5.74, 6) is 0.457. The normalized spacial score (nSPS) is 10.9. The Bertz CT molecular complexity index is 452. The number of thiophene rings is 1. The van der Waals surface area contributed by atoms with E-state index in [1.165, 1.54) is 0 Å². The van der Waals surface area contributed by atoms with E-state index in [1.807, 2.05) is 11.4 Å². The Labute approximate surface area is 93.6 Å². The van der Waals surface area contributed by atoms with Gasteiger partial charge in [0.1, 0.15) is 0 Å². The Hall–Kier alpha value is -0.250. The molecule has 2 aromatic rings. The second kappa shape index (κ2) is 3.48. The first kappa shape index (κ1) is 9.31. The lowest BCUT2D eigenvalue weighted by Crippen LogP contribution is -1.92. The lowest BCUT2D eigenvalue weighted by atomic mass is 10.1. The summed E-state index contributed by atoms with van der Waals surface area (Å²) in [6.45, 7) is 0. The fraction of sp³-hybridized carbons (Fsp3) is 0.111. The molecule has 0 bridgehead atoms. The van der Waals surface area contributed by atoms with Gasteiger partial charge in [-0.15, -0.1) is 22.9 Å². The topological polar surface area (TPSA) is 26.0 Å². The molecule has 0 aliphatic rings. The predicted octanol–water partition coefficient (Wildman–Crippen LogP) is 3.98. The van der Waals surface area contributed by atoms with Crippen molar-refractivity contribution in [3.05, 3.63) is 27.5 Å². The number of rotatable bonds is 1. The van der Waals surface area contributed by atoms with Crippen LogP contribution < -0.4 is 5.73 Å². The number of nitrogen functional groups attached to an aromatic ring is 1. The number of halogens is 2. The molecule has 68 valence electrons. The number of benzene rings is 1. The summed E-state index contributed by atoms with van der Waals surface area (Å²) in [5, 5.41) is 3.19. The van der Waals surface area contributed by atoms with Crippen molar-refractivity contribution >= 4 is 54.6 Å². The smallest absolute Gasteiger partial charge is 0.0586 e. The first-order valence-corrected chi connectivity index (χ1v) is 5.94. The maximum Gasteiger partial charge on any atom is 0.0586 e. The number of anilines is 1.